The predicted octanol–water partition coefficient (Wildman–Crippen LogP) is 0.481. The molecule has 1 aliphatic rings. The number of hydrogen-bond donors (Lipinski definition) is 4. The molecule has 120 valence electrons. The van der Waals surface area contributed by atoms with Gasteiger partial charge >= 0.3 is 0 Å². The van der Waals surface area contributed by atoms with Crippen molar-refractivity contribution >= 4 is 11.6 Å². The molecule has 0 saturated carbocycles. The van der Waals surface area contributed by atoms with Crippen LogP contribution >= 0.6 is 0 Å². The van der Waals surface area contributed by atoms with Crippen LogP contribution in [0.1, 0.15) is 34.1 Å². The first-order chi connectivity index (χ1) is 10.3. The minimum atomic E-state index is -1.06. The largest absolute Gasteiger partial charge is 0.507 e. The van der Waals surface area contributed by atoms with Gasteiger partial charge in [0.05, 0.1) is 36.9 Å². The van der Waals surface area contributed by atoms with Crippen LogP contribution in [0, 0.1) is 11.8 Å². The fourth-order valence-electron chi connectivity index (χ4n) is 2.86. The number of phenolic OH excluding ortho intramolecular Hbond substituents is 2. The molecule has 1 aliphatic carbocycles. The Bertz CT molecular complexity index is 621. The topological polar surface area (TPSA) is 124 Å². The van der Waals surface area contributed by atoms with E-state index in [1.807, 2.05) is 0 Å². The summed E-state index contributed by atoms with van der Waals surface area (Å²) < 4.78 is 4.87. The number of ether oxygens (including phenoxy) is 1. The Hall–Kier alpha value is -2.12. The average Bonchev–Trinajstić information content (AvgIpc) is 2.46. The average molecular weight is 310 g/mol. The van der Waals surface area contributed by atoms with Gasteiger partial charge in [-0.2, -0.15) is 0 Å². The van der Waals surface area contributed by atoms with E-state index in [0.717, 1.165) is 6.07 Å². The van der Waals surface area contributed by atoms with E-state index in [1.165, 1.54) is 14.0 Å². The van der Waals surface area contributed by atoms with Gasteiger partial charge in [0.1, 0.15) is 5.75 Å². The number of fused-ring (bicyclic) bond motifs is 1. The second-order valence-corrected chi connectivity index (χ2v) is 5.41. The summed E-state index contributed by atoms with van der Waals surface area (Å²) in [5, 5.41) is 39.0. The molecule has 7 heteroatoms. The first-order valence-electron chi connectivity index (χ1n) is 6.83. The van der Waals surface area contributed by atoms with Crippen molar-refractivity contribution in [1.29, 1.82) is 0 Å². The number of aliphatic hydroxyl groups excluding tert-OH is 2. The van der Waals surface area contributed by atoms with Gasteiger partial charge in [0.15, 0.2) is 23.1 Å². The van der Waals surface area contributed by atoms with Gasteiger partial charge in [-0.25, -0.2) is 0 Å². The molecule has 0 fully saturated rings. The molecule has 3 atom stereocenters. The van der Waals surface area contributed by atoms with Gasteiger partial charge < -0.3 is 25.2 Å². The van der Waals surface area contributed by atoms with Crippen LogP contribution in [-0.2, 0) is 0 Å². The van der Waals surface area contributed by atoms with Crippen molar-refractivity contribution in [1.82, 2.24) is 0 Å². The number of ketones is 2. The minimum Gasteiger partial charge on any atom is -0.507 e. The third-order valence-corrected chi connectivity index (χ3v) is 3.91. The quantitative estimate of drug-likeness (QED) is 0.596. The third-order valence-electron chi connectivity index (χ3n) is 3.91. The highest BCUT2D eigenvalue weighted by atomic mass is 16.5. The van der Waals surface area contributed by atoms with Crippen LogP contribution in [0.25, 0.3) is 0 Å². The van der Waals surface area contributed by atoms with E-state index in [0.29, 0.717) is 0 Å². The Morgan fingerprint density at radius 3 is 2.27 bits per heavy atom. The number of phenols is 2. The van der Waals surface area contributed by atoms with Gasteiger partial charge in [-0.15, -0.1) is 0 Å². The maximum absolute atomic E-state index is 12.6. The molecule has 0 spiro atoms. The van der Waals surface area contributed by atoms with Crippen LogP contribution in [0.15, 0.2) is 6.07 Å². The molecule has 4 N–H and O–H groups in total. The van der Waals surface area contributed by atoms with Crippen molar-refractivity contribution < 1.29 is 34.8 Å². The van der Waals surface area contributed by atoms with E-state index >= 15 is 0 Å². The van der Waals surface area contributed by atoms with Crippen molar-refractivity contribution in [3.63, 3.8) is 0 Å². The number of hydrogen-bond acceptors (Lipinski definition) is 7. The first kappa shape index (κ1) is 16.3. The van der Waals surface area contributed by atoms with Crippen molar-refractivity contribution in [2.75, 3.05) is 13.7 Å². The second-order valence-electron chi connectivity index (χ2n) is 5.41. The molecule has 22 heavy (non-hydrogen) atoms. The molecular formula is C15H18O7. The molecule has 0 aliphatic heterocycles. The highest BCUT2D eigenvalue weighted by Crippen LogP contribution is 2.45. The Labute approximate surface area is 126 Å². The molecule has 0 unspecified atom stereocenters. The molecule has 1 aromatic rings. The summed E-state index contributed by atoms with van der Waals surface area (Å²) in [4.78, 5) is 25.1. The number of aliphatic hydroxyl groups is 2. The molecule has 0 bridgehead atoms. The lowest BCUT2D eigenvalue weighted by Gasteiger charge is -2.31. The molecule has 0 saturated heterocycles. The van der Waals surface area contributed by atoms with Crippen molar-refractivity contribution in [2.24, 2.45) is 11.8 Å². The highest BCUT2D eigenvalue weighted by Gasteiger charge is 2.45. The van der Waals surface area contributed by atoms with Gasteiger partial charge in [0.25, 0.3) is 0 Å². The van der Waals surface area contributed by atoms with Gasteiger partial charge in [-0.1, -0.05) is 0 Å². The summed E-state index contributed by atoms with van der Waals surface area (Å²) in [7, 11) is 1.25. The molecule has 0 heterocycles. The van der Waals surface area contributed by atoms with Gasteiger partial charge in [-0.3, -0.25) is 9.59 Å². The predicted molar refractivity (Wildman–Crippen MR) is 75.3 cm³/mol. The number of benzene rings is 1. The van der Waals surface area contributed by atoms with Crippen LogP contribution in [-0.4, -0.2) is 51.8 Å². The number of carbonyl (C=O) groups is 2. The summed E-state index contributed by atoms with van der Waals surface area (Å²) in [6.07, 6.45) is -0.897. The zero-order valence-corrected chi connectivity index (χ0v) is 12.2. The molecule has 0 aromatic heterocycles. The lowest BCUT2D eigenvalue weighted by atomic mass is 9.71. The van der Waals surface area contributed by atoms with E-state index in [-0.39, 0.29) is 23.3 Å². The standard InChI is InChI=1S/C15H18O7/c1-6(17)3-7-8(5-16)14(20)11-9(18)4-10(22-2)15(21)12(11)13(7)19/h4,6-8,16-18,21H,3,5H2,1-2H3/t6-,7-,8-/m1/s1. The van der Waals surface area contributed by atoms with Crippen LogP contribution in [0.5, 0.6) is 17.2 Å². The van der Waals surface area contributed by atoms with E-state index in [9.17, 15) is 30.0 Å². The summed E-state index contributed by atoms with van der Waals surface area (Å²) in [5.74, 6) is -4.43. The van der Waals surface area contributed by atoms with E-state index < -0.39 is 47.6 Å². The summed E-state index contributed by atoms with van der Waals surface area (Å²) in [6, 6.07) is 1.04. The number of methoxy groups -OCH3 is 1. The van der Waals surface area contributed by atoms with Crippen LogP contribution in [0.3, 0.4) is 0 Å². The van der Waals surface area contributed by atoms with Crippen molar-refractivity contribution in [3.05, 3.63) is 17.2 Å². The summed E-state index contributed by atoms with van der Waals surface area (Å²) >= 11 is 0. The zero-order valence-electron chi connectivity index (χ0n) is 12.2. The maximum atomic E-state index is 12.6. The Kier molecular flexibility index (Phi) is 4.39. The monoisotopic (exact) mass is 310 g/mol. The van der Waals surface area contributed by atoms with E-state index in [1.54, 1.807) is 0 Å². The third kappa shape index (κ3) is 2.42. The van der Waals surface area contributed by atoms with E-state index in [2.05, 4.69) is 0 Å². The van der Waals surface area contributed by atoms with Gasteiger partial charge in [-0.05, 0) is 13.3 Å². The fraction of sp³-hybridized carbons (Fsp3) is 0.467. The molecule has 0 radical (unpaired) electrons. The number of Topliss-reactive ketones (excluding diaryl/α,β-unsaturated/α-hetero) is 2. The molecular weight excluding hydrogens is 292 g/mol. The SMILES string of the molecule is COc1cc(O)c2c(c1O)C(=O)[C@H](C[C@@H](C)O)[C@@H](CO)C2=O. The van der Waals surface area contributed by atoms with Crippen LogP contribution in [0.2, 0.25) is 0 Å². The van der Waals surface area contributed by atoms with Crippen LogP contribution in [0.4, 0.5) is 0 Å². The Balaban J connectivity index is 2.67. The van der Waals surface area contributed by atoms with Gasteiger partial charge in [0, 0.05) is 12.0 Å². The fourth-order valence-corrected chi connectivity index (χ4v) is 2.86. The van der Waals surface area contributed by atoms with Crippen LogP contribution < -0.4 is 4.74 Å². The molecule has 7 nitrogen and oxygen atoms in total. The lowest BCUT2D eigenvalue weighted by molar-refractivity contribution is 0.0557. The molecule has 1 aromatic carbocycles. The lowest BCUT2D eigenvalue weighted by Crippen LogP contribution is -2.40. The number of rotatable bonds is 4. The Morgan fingerprint density at radius 2 is 1.77 bits per heavy atom. The Morgan fingerprint density at radius 1 is 1.18 bits per heavy atom. The van der Waals surface area contributed by atoms with E-state index in [4.69, 9.17) is 4.74 Å². The maximum Gasteiger partial charge on any atom is 0.173 e. The highest BCUT2D eigenvalue weighted by molar-refractivity contribution is 6.19. The molecule has 0 amide bonds. The zero-order chi connectivity index (χ0) is 16.6. The summed E-state index contributed by atoms with van der Waals surface area (Å²) in [6.45, 7) is 0.873. The normalized spacial score (nSPS) is 22.4. The molecule has 2 rings (SSSR count). The van der Waals surface area contributed by atoms with Gasteiger partial charge in [0.2, 0.25) is 0 Å². The number of aromatic hydroxyl groups is 2. The second kappa shape index (κ2) is 5.94. The number of carbonyl (C=O) groups excluding carboxylic acids is 2. The van der Waals surface area contributed by atoms with Crippen molar-refractivity contribution in [3.8, 4) is 17.2 Å². The van der Waals surface area contributed by atoms with Crippen molar-refractivity contribution in [2.45, 2.75) is 19.4 Å². The summed E-state index contributed by atoms with van der Waals surface area (Å²) in [5.41, 5.74) is -0.638. The smallest absolute Gasteiger partial charge is 0.173 e. The minimum absolute atomic E-state index is 0.0351. The first-order valence-corrected chi connectivity index (χ1v) is 6.83.